The number of aryl methyl sites for hydroxylation is 1. The van der Waals surface area contributed by atoms with E-state index >= 15 is 0 Å². The van der Waals surface area contributed by atoms with Crippen LogP contribution in [-0.4, -0.2) is 26.5 Å². The third-order valence-electron chi connectivity index (χ3n) is 5.28. The Balaban J connectivity index is 1.58. The Labute approximate surface area is 179 Å². The molecule has 0 saturated heterocycles. The molecule has 2 heterocycles. The molecule has 0 fully saturated rings. The number of anilines is 1. The Morgan fingerprint density at radius 2 is 1.63 bits per heavy atom. The minimum Gasteiger partial charge on any atom is -0.390 e. The lowest BCUT2D eigenvalue weighted by Gasteiger charge is -2.15. The summed E-state index contributed by atoms with van der Waals surface area (Å²) < 4.78 is 1.90. The van der Waals surface area contributed by atoms with Gasteiger partial charge in [-0.1, -0.05) is 49.2 Å². The summed E-state index contributed by atoms with van der Waals surface area (Å²) >= 11 is 6.43. The number of aromatic nitrogens is 2. The number of aliphatic hydroxyl groups is 1. The lowest BCUT2D eigenvalue weighted by molar-refractivity contribution is 0.0926. The topological polar surface area (TPSA) is 75.4 Å². The van der Waals surface area contributed by atoms with Crippen molar-refractivity contribution in [3.8, 4) is 0 Å². The molecule has 30 heavy (non-hydrogen) atoms. The second-order valence-electron chi connectivity index (χ2n) is 7.27. The molecule has 1 aliphatic rings. The Morgan fingerprint density at radius 1 is 1.00 bits per heavy atom. The number of nitrogens with zero attached hydrogens (tertiary/aromatic N) is 3. The number of benzene rings is 2. The average molecular weight is 424 g/mol. The maximum atomic E-state index is 12.7. The largest absolute Gasteiger partial charge is 0.390 e. The number of carbonyl (C=O) groups is 2. The number of fused-ring (bicyclic) bond motifs is 1. The van der Waals surface area contributed by atoms with E-state index in [1.165, 1.54) is 4.90 Å². The van der Waals surface area contributed by atoms with Crippen LogP contribution in [0.15, 0.2) is 48.5 Å². The molecule has 7 heteroatoms. The highest BCUT2D eigenvalue weighted by Gasteiger charge is 2.36. The zero-order valence-corrected chi connectivity index (χ0v) is 17.4. The molecule has 6 nitrogen and oxygen atoms in total. The number of halogens is 1. The number of rotatable bonds is 7. The molecule has 1 N–H and O–H groups in total. The van der Waals surface area contributed by atoms with E-state index in [1.807, 2.05) is 16.7 Å². The molecule has 3 aromatic rings. The van der Waals surface area contributed by atoms with E-state index in [4.69, 9.17) is 11.6 Å². The van der Waals surface area contributed by atoms with Gasteiger partial charge in [0.05, 0.1) is 30.0 Å². The number of unbranched alkanes of at least 4 members (excludes halogenated alkanes) is 1. The van der Waals surface area contributed by atoms with Gasteiger partial charge < -0.3 is 9.67 Å². The molecule has 0 spiro atoms. The minimum atomic E-state index is -0.310. The molecular formula is C23H22ClN3O3. The first-order chi connectivity index (χ1) is 14.5. The van der Waals surface area contributed by atoms with E-state index in [0.29, 0.717) is 34.2 Å². The summed E-state index contributed by atoms with van der Waals surface area (Å²) in [5.41, 5.74) is 2.81. The van der Waals surface area contributed by atoms with Gasteiger partial charge in [-0.3, -0.25) is 9.59 Å². The van der Waals surface area contributed by atoms with Gasteiger partial charge in [0.25, 0.3) is 11.8 Å². The van der Waals surface area contributed by atoms with E-state index < -0.39 is 0 Å². The van der Waals surface area contributed by atoms with Crippen molar-refractivity contribution >= 4 is 29.1 Å². The van der Waals surface area contributed by atoms with Gasteiger partial charge in [-0.05, 0) is 36.2 Å². The van der Waals surface area contributed by atoms with Crippen LogP contribution in [0.1, 0.15) is 57.6 Å². The van der Waals surface area contributed by atoms with Crippen molar-refractivity contribution < 1.29 is 14.7 Å². The number of hydrogen-bond donors (Lipinski definition) is 1. The number of imidazole rings is 1. The first kappa shape index (κ1) is 20.3. The molecule has 0 bridgehead atoms. The van der Waals surface area contributed by atoms with Crippen molar-refractivity contribution in [1.82, 2.24) is 9.55 Å². The molecule has 0 radical (unpaired) electrons. The molecule has 1 aliphatic heterocycles. The minimum absolute atomic E-state index is 0.205. The van der Waals surface area contributed by atoms with Gasteiger partial charge in [-0.2, -0.15) is 0 Å². The molecule has 0 unspecified atom stereocenters. The summed E-state index contributed by atoms with van der Waals surface area (Å²) in [5, 5.41) is 9.94. The highest BCUT2D eigenvalue weighted by Crippen LogP contribution is 2.29. The van der Waals surface area contributed by atoms with Crippen LogP contribution in [0.5, 0.6) is 0 Å². The fourth-order valence-corrected chi connectivity index (χ4v) is 3.93. The van der Waals surface area contributed by atoms with E-state index in [2.05, 4.69) is 11.9 Å². The van der Waals surface area contributed by atoms with Gasteiger partial charge in [0.2, 0.25) is 0 Å². The number of carbonyl (C=O) groups excluding carboxylic acids is 2. The summed E-state index contributed by atoms with van der Waals surface area (Å²) in [6.07, 6.45) is 2.80. The third kappa shape index (κ3) is 3.53. The standard InChI is InChI=1S/C23H22ClN3O3/c1-2-3-8-20-25-19(14-28)21(24)26(20)13-15-9-11-16(12-10-15)27-22(29)17-6-4-5-7-18(17)23(27)30/h4-7,9-12,28H,2-3,8,13-14H2,1H3. The highest BCUT2D eigenvalue weighted by molar-refractivity contribution is 6.34. The molecule has 0 aliphatic carbocycles. The van der Waals surface area contributed by atoms with Crippen LogP contribution in [0.25, 0.3) is 0 Å². The van der Waals surface area contributed by atoms with Crippen molar-refractivity contribution in [1.29, 1.82) is 0 Å². The number of imide groups is 1. The first-order valence-electron chi connectivity index (χ1n) is 9.96. The van der Waals surface area contributed by atoms with Gasteiger partial charge >= 0.3 is 0 Å². The number of aliphatic hydroxyl groups excluding tert-OH is 1. The molecule has 1 aromatic heterocycles. The zero-order valence-electron chi connectivity index (χ0n) is 16.6. The molecule has 0 saturated carbocycles. The molecule has 4 rings (SSSR count). The second-order valence-corrected chi connectivity index (χ2v) is 7.63. The van der Waals surface area contributed by atoms with Gasteiger partial charge in [-0.25, -0.2) is 9.88 Å². The van der Waals surface area contributed by atoms with Crippen molar-refractivity contribution in [2.24, 2.45) is 0 Å². The maximum Gasteiger partial charge on any atom is 0.266 e. The lowest BCUT2D eigenvalue weighted by Crippen LogP contribution is -2.29. The van der Waals surface area contributed by atoms with Crippen LogP contribution in [0.3, 0.4) is 0 Å². The summed E-state index contributed by atoms with van der Waals surface area (Å²) in [5.74, 6) is 0.223. The Bertz CT molecular complexity index is 1070. The number of hydrogen-bond acceptors (Lipinski definition) is 4. The monoisotopic (exact) mass is 423 g/mol. The first-order valence-corrected chi connectivity index (χ1v) is 10.3. The van der Waals surface area contributed by atoms with Crippen LogP contribution in [0, 0.1) is 0 Å². The van der Waals surface area contributed by atoms with Crippen LogP contribution >= 0.6 is 11.6 Å². The van der Waals surface area contributed by atoms with Crippen LogP contribution in [0.4, 0.5) is 5.69 Å². The lowest BCUT2D eigenvalue weighted by atomic mass is 10.1. The highest BCUT2D eigenvalue weighted by atomic mass is 35.5. The smallest absolute Gasteiger partial charge is 0.266 e. The van der Waals surface area contributed by atoms with Gasteiger partial charge in [0.15, 0.2) is 0 Å². The van der Waals surface area contributed by atoms with Crippen molar-refractivity contribution in [3.63, 3.8) is 0 Å². The predicted octanol–water partition coefficient (Wildman–Crippen LogP) is 4.22. The van der Waals surface area contributed by atoms with Gasteiger partial charge in [0.1, 0.15) is 16.7 Å². The second kappa shape index (κ2) is 8.42. The fourth-order valence-electron chi connectivity index (χ4n) is 3.68. The third-order valence-corrected chi connectivity index (χ3v) is 5.71. The fraction of sp³-hybridized carbons (Fsp3) is 0.261. The summed E-state index contributed by atoms with van der Waals surface area (Å²) in [6.45, 7) is 2.40. The molecule has 2 amide bonds. The van der Waals surface area contributed by atoms with E-state index in [1.54, 1.807) is 36.4 Å². The van der Waals surface area contributed by atoms with Crippen molar-refractivity contribution in [2.75, 3.05) is 4.90 Å². The van der Waals surface area contributed by atoms with Crippen LogP contribution in [-0.2, 0) is 19.6 Å². The zero-order chi connectivity index (χ0) is 21.3. The molecule has 0 atom stereocenters. The summed E-state index contributed by atoms with van der Waals surface area (Å²) in [7, 11) is 0. The average Bonchev–Trinajstić information content (AvgIpc) is 3.21. The predicted molar refractivity (Wildman–Crippen MR) is 115 cm³/mol. The van der Waals surface area contributed by atoms with Crippen LogP contribution < -0.4 is 4.90 Å². The van der Waals surface area contributed by atoms with E-state index in [-0.39, 0.29) is 18.4 Å². The molecule has 154 valence electrons. The number of amides is 2. The Kier molecular flexibility index (Phi) is 5.70. The quantitative estimate of drug-likeness (QED) is 0.577. The normalized spacial score (nSPS) is 13.2. The summed E-state index contributed by atoms with van der Waals surface area (Å²) in [4.78, 5) is 31.0. The Morgan fingerprint density at radius 3 is 2.20 bits per heavy atom. The maximum absolute atomic E-state index is 12.7. The SMILES string of the molecule is CCCCc1nc(CO)c(Cl)n1Cc1ccc(N2C(=O)c3ccccc3C2=O)cc1. The van der Waals surface area contributed by atoms with Gasteiger partial charge in [-0.15, -0.1) is 0 Å². The molecular weight excluding hydrogens is 402 g/mol. The van der Waals surface area contributed by atoms with Gasteiger partial charge in [0, 0.05) is 6.42 Å². The Hall–Kier alpha value is -2.96. The van der Waals surface area contributed by atoms with Crippen molar-refractivity contribution in [3.05, 3.63) is 81.9 Å². The van der Waals surface area contributed by atoms with E-state index in [9.17, 15) is 14.7 Å². The summed E-state index contributed by atoms with van der Waals surface area (Å²) in [6, 6.07) is 14.1. The van der Waals surface area contributed by atoms with Crippen molar-refractivity contribution in [2.45, 2.75) is 39.3 Å². The molecule has 2 aromatic carbocycles. The van der Waals surface area contributed by atoms with E-state index in [0.717, 1.165) is 30.7 Å². The van der Waals surface area contributed by atoms with Crippen LogP contribution in [0.2, 0.25) is 5.15 Å².